The number of alkyl halides is 3. The zero-order chi connectivity index (χ0) is 33.6. The van der Waals surface area contributed by atoms with Crippen molar-refractivity contribution in [2.24, 2.45) is 17.8 Å². The van der Waals surface area contributed by atoms with E-state index in [1.165, 1.54) is 26.0 Å². The van der Waals surface area contributed by atoms with Crippen LogP contribution < -0.4 is 16.0 Å². The molecule has 1 heterocycles. The summed E-state index contributed by atoms with van der Waals surface area (Å²) in [5.41, 5.74) is -1.27. The Labute approximate surface area is 268 Å². The fourth-order valence-corrected chi connectivity index (χ4v) is 7.14. The molecule has 0 radical (unpaired) electrons. The van der Waals surface area contributed by atoms with Gasteiger partial charge in [0.05, 0.1) is 11.1 Å². The van der Waals surface area contributed by atoms with Gasteiger partial charge in [0, 0.05) is 12.2 Å². The van der Waals surface area contributed by atoms with E-state index in [2.05, 4.69) is 15.7 Å². The van der Waals surface area contributed by atoms with Crippen molar-refractivity contribution in [2.45, 2.75) is 122 Å². The molecular weight excluding hydrogens is 602 g/mol. The Morgan fingerprint density at radius 1 is 0.891 bits per heavy atom. The van der Waals surface area contributed by atoms with Gasteiger partial charge >= 0.3 is 0 Å². The molecule has 2 unspecified atom stereocenters. The molecule has 0 saturated heterocycles. The van der Waals surface area contributed by atoms with E-state index >= 15 is 4.39 Å². The van der Waals surface area contributed by atoms with E-state index < -0.39 is 47.7 Å². The zero-order valence-corrected chi connectivity index (χ0v) is 27.1. The van der Waals surface area contributed by atoms with Crippen LogP contribution in [-0.2, 0) is 15.0 Å². The number of benzene rings is 1. The third kappa shape index (κ3) is 8.28. The smallest absolute Gasteiger partial charge is 0.287 e. The van der Waals surface area contributed by atoms with E-state index in [9.17, 15) is 27.6 Å². The van der Waals surface area contributed by atoms with Crippen molar-refractivity contribution in [2.75, 3.05) is 5.32 Å². The lowest BCUT2D eigenvalue weighted by Crippen LogP contribution is -2.53. The minimum absolute atomic E-state index is 0.0828. The topological polar surface area (TPSA) is 105 Å². The highest BCUT2D eigenvalue weighted by atomic mass is 19.3. The number of hydrogen-bond acceptors (Lipinski definition) is 4. The number of carbonyl (C=O) groups excluding carboxylic acids is 3. The van der Waals surface area contributed by atoms with Gasteiger partial charge in [0.25, 0.3) is 12.3 Å². The van der Waals surface area contributed by atoms with Gasteiger partial charge in [0.1, 0.15) is 17.6 Å². The molecule has 2 fully saturated rings. The molecule has 1 aromatic heterocycles. The molecule has 3 amide bonds. The van der Waals surface area contributed by atoms with Crippen LogP contribution in [0.25, 0.3) is 0 Å². The number of nitrogens with zero attached hydrogens (tertiary/aromatic N) is 2. The molecular formula is C34H47F4N5O3. The Morgan fingerprint density at radius 2 is 1.48 bits per heavy atom. The van der Waals surface area contributed by atoms with Gasteiger partial charge in [-0.25, -0.2) is 17.6 Å². The van der Waals surface area contributed by atoms with Crippen LogP contribution in [-0.4, -0.2) is 46.3 Å². The van der Waals surface area contributed by atoms with E-state index in [0.29, 0.717) is 5.69 Å². The van der Waals surface area contributed by atoms with Crippen molar-refractivity contribution >= 4 is 23.4 Å². The second kappa shape index (κ2) is 15.4. The van der Waals surface area contributed by atoms with Gasteiger partial charge in [0.15, 0.2) is 0 Å². The second-order valence-electron chi connectivity index (χ2n) is 13.6. The van der Waals surface area contributed by atoms with E-state index in [-0.39, 0.29) is 35.0 Å². The number of aromatic nitrogens is 2. The number of amides is 3. The lowest BCUT2D eigenvalue weighted by atomic mass is 9.66. The molecule has 2 aliphatic carbocycles. The molecule has 2 saturated carbocycles. The third-order valence-electron chi connectivity index (χ3n) is 9.74. The highest BCUT2D eigenvalue weighted by molar-refractivity contribution is 6.01. The normalized spacial score (nSPS) is 18.1. The Balaban J connectivity index is 1.64. The van der Waals surface area contributed by atoms with Crippen molar-refractivity contribution in [3.05, 3.63) is 47.5 Å². The van der Waals surface area contributed by atoms with Gasteiger partial charge in [-0.3, -0.25) is 19.1 Å². The monoisotopic (exact) mass is 649 g/mol. The summed E-state index contributed by atoms with van der Waals surface area (Å²) in [7, 11) is 0. The first-order valence-electron chi connectivity index (χ1n) is 16.5. The van der Waals surface area contributed by atoms with Gasteiger partial charge < -0.3 is 16.0 Å². The number of carbonyl (C=O) groups is 3. The summed E-state index contributed by atoms with van der Waals surface area (Å²) < 4.78 is 56.0. The van der Waals surface area contributed by atoms with Gasteiger partial charge in [-0.05, 0) is 69.2 Å². The lowest BCUT2D eigenvalue weighted by molar-refractivity contribution is -0.129. The molecule has 46 heavy (non-hydrogen) atoms. The molecule has 0 spiro atoms. The Hall–Kier alpha value is -3.44. The number of rotatable bonds is 12. The van der Waals surface area contributed by atoms with Crippen LogP contribution in [0.3, 0.4) is 0 Å². The summed E-state index contributed by atoms with van der Waals surface area (Å²) in [5, 5.41) is 11.6. The zero-order valence-electron chi connectivity index (χ0n) is 27.1. The van der Waals surface area contributed by atoms with Gasteiger partial charge in [-0.1, -0.05) is 70.3 Å². The van der Waals surface area contributed by atoms with Crippen LogP contribution in [0, 0.1) is 23.6 Å². The molecule has 12 heteroatoms. The fraction of sp³-hybridized carbons (Fsp3) is 0.647. The van der Waals surface area contributed by atoms with Crippen LogP contribution in [0.1, 0.15) is 114 Å². The predicted molar refractivity (Wildman–Crippen MR) is 168 cm³/mol. The molecule has 2 aliphatic rings. The van der Waals surface area contributed by atoms with E-state index in [0.717, 1.165) is 70.3 Å². The minimum Gasteiger partial charge on any atom is -0.339 e. The average Bonchev–Trinajstić information content (AvgIpc) is 3.53. The molecule has 254 valence electrons. The van der Waals surface area contributed by atoms with Crippen LogP contribution in [0.4, 0.5) is 23.2 Å². The maximum Gasteiger partial charge on any atom is 0.287 e. The quantitative estimate of drug-likeness (QED) is 0.169. The fourth-order valence-electron chi connectivity index (χ4n) is 7.14. The largest absolute Gasteiger partial charge is 0.339 e. The van der Waals surface area contributed by atoms with Gasteiger partial charge in [-0.15, -0.1) is 0 Å². The lowest BCUT2D eigenvalue weighted by Gasteiger charge is -2.42. The first-order valence-corrected chi connectivity index (χ1v) is 16.5. The number of hydrogen-bond donors (Lipinski definition) is 3. The molecule has 0 aliphatic heterocycles. The van der Waals surface area contributed by atoms with Gasteiger partial charge in [0.2, 0.25) is 18.1 Å². The van der Waals surface area contributed by atoms with Crippen LogP contribution in [0.15, 0.2) is 30.5 Å². The summed E-state index contributed by atoms with van der Waals surface area (Å²) in [5.74, 6) is -2.56. The van der Waals surface area contributed by atoms with Crippen molar-refractivity contribution in [3.8, 4) is 0 Å². The molecule has 2 atom stereocenters. The highest BCUT2D eigenvalue weighted by Gasteiger charge is 2.42. The summed E-state index contributed by atoms with van der Waals surface area (Å²) in [6.45, 7) is 6.54. The Bertz CT molecular complexity index is 1330. The van der Waals surface area contributed by atoms with E-state index in [1.807, 2.05) is 13.8 Å². The number of halogens is 4. The SMILES string of the molecule is CC(C)n1nccc1C(=O)NC(C(=O)Nc1ccc(C(C)(C)C(=O)NC(F)C(F)F)cc1F)C(C1CCCCC1)C1CCCCC1. The standard InChI is InChI=1S/C34H47F4N5O3/c1-20(2)43-26(17-18-39-43)31(44)41-28(27(21-11-7-5-8-12-21)22-13-9-6-10-14-22)32(45)40-25-16-15-23(19-24(25)35)34(3,4)33(46)42-30(38)29(36)37/h15-22,27-30H,5-14H2,1-4H3,(H,40,45)(H,41,44)(H,42,46). The number of nitrogens with one attached hydrogen (secondary N) is 3. The van der Waals surface area contributed by atoms with E-state index in [1.54, 1.807) is 22.3 Å². The molecule has 1 aromatic carbocycles. The van der Waals surface area contributed by atoms with Crippen LogP contribution in [0.2, 0.25) is 0 Å². The van der Waals surface area contributed by atoms with Crippen molar-refractivity contribution in [1.82, 2.24) is 20.4 Å². The molecule has 2 aromatic rings. The van der Waals surface area contributed by atoms with Crippen molar-refractivity contribution in [1.29, 1.82) is 0 Å². The summed E-state index contributed by atoms with van der Waals surface area (Å²) in [6.07, 6.45) is 5.57. The Kier molecular flexibility index (Phi) is 11.9. The molecule has 3 N–H and O–H groups in total. The van der Waals surface area contributed by atoms with Crippen LogP contribution in [0.5, 0.6) is 0 Å². The molecule has 4 rings (SSSR count). The molecule has 8 nitrogen and oxygen atoms in total. The first-order chi connectivity index (χ1) is 21.8. The first kappa shape index (κ1) is 35.4. The minimum atomic E-state index is -3.40. The highest BCUT2D eigenvalue weighted by Crippen LogP contribution is 2.42. The van der Waals surface area contributed by atoms with Crippen molar-refractivity contribution in [3.63, 3.8) is 0 Å². The Morgan fingerprint density at radius 3 is 2.00 bits per heavy atom. The van der Waals surface area contributed by atoms with E-state index in [4.69, 9.17) is 0 Å². The summed E-state index contributed by atoms with van der Waals surface area (Å²) >= 11 is 0. The predicted octanol–water partition coefficient (Wildman–Crippen LogP) is 7.07. The maximum absolute atomic E-state index is 15.6. The average molecular weight is 650 g/mol. The second-order valence-corrected chi connectivity index (χ2v) is 13.6. The third-order valence-corrected chi connectivity index (χ3v) is 9.74. The maximum atomic E-state index is 15.6. The summed E-state index contributed by atoms with van der Waals surface area (Å²) in [6, 6.07) is 4.30. The number of anilines is 1. The van der Waals surface area contributed by atoms with Crippen molar-refractivity contribution < 1.29 is 31.9 Å². The van der Waals surface area contributed by atoms with Gasteiger partial charge in [-0.2, -0.15) is 5.10 Å². The molecule has 0 bridgehead atoms. The summed E-state index contributed by atoms with van der Waals surface area (Å²) in [4.78, 5) is 40.5. The van der Waals surface area contributed by atoms with Crippen LogP contribution >= 0.6 is 0 Å².